The maximum atomic E-state index is 12.4. The number of halogens is 1. The van der Waals surface area contributed by atoms with Crippen molar-refractivity contribution in [2.45, 2.75) is 30.9 Å². The van der Waals surface area contributed by atoms with Crippen molar-refractivity contribution in [3.05, 3.63) is 23.4 Å². The van der Waals surface area contributed by atoms with Crippen molar-refractivity contribution in [1.29, 1.82) is 0 Å². The van der Waals surface area contributed by atoms with E-state index in [1.807, 2.05) is 0 Å². The predicted molar refractivity (Wildman–Crippen MR) is 80.2 cm³/mol. The van der Waals surface area contributed by atoms with Crippen LogP contribution in [0.3, 0.4) is 0 Å². The van der Waals surface area contributed by atoms with E-state index < -0.39 is 23.6 Å². The normalized spacial score (nSPS) is 27.7. The summed E-state index contributed by atoms with van der Waals surface area (Å²) in [6, 6.07) is 1.84. The van der Waals surface area contributed by atoms with Gasteiger partial charge < -0.3 is 15.7 Å². The minimum absolute atomic E-state index is 0.102. The Bertz CT molecular complexity index is 605. The fourth-order valence-corrected chi connectivity index (χ4v) is 3.04. The van der Waals surface area contributed by atoms with Gasteiger partial charge in [0.15, 0.2) is 0 Å². The van der Waals surface area contributed by atoms with Crippen LogP contribution in [0.2, 0.25) is 5.02 Å². The second-order valence-corrected chi connectivity index (χ2v) is 6.36. The molecule has 118 valence electrons. The number of nitrogens with zero attached hydrogens (tertiary/aromatic N) is 2. The SMILES string of the molecule is NC(=O)C1CC(O)(C2CC2)CN1C(=O)Nc1ccc(Cl)cn1. The summed E-state index contributed by atoms with van der Waals surface area (Å²) in [7, 11) is 0. The van der Waals surface area contributed by atoms with Crippen LogP contribution in [0, 0.1) is 5.92 Å². The smallest absolute Gasteiger partial charge is 0.323 e. The number of hydrogen-bond donors (Lipinski definition) is 3. The lowest BCUT2D eigenvalue weighted by Crippen LogP contribution is -2.46. The molecule has 8 heteroatoms. The third-order valence-electron chi connectivity index (χ3n) is 4.26. The first-order chi connectivity index (χ1) is 10.4. The van der Waals surface area contributed by atoms with Gasteiger partial charge in [-0.15, -0.1) is 0 Å². The number of aromatic nitrogens is 1. The summed E-state index contributed by atoms with van der Waals surface area (Å²) in [4.78, 5) is 29.2. The first-order valence-corrected chi connectivity index (χ1v) is 7.48. The first kappa shape index (κ1) is 15.1. The second kappa shape index (κ2) is 5.40. The molecule has 0 aromatic carbocycles. The van der Waals surface area contributed by atoms with E-state index >= 15 is 0 Å². The van der Waals surface area contributed by atoms with E-state index in [2.05, 4.69) is 10.3 Å². The zero-order valence-electron chi connectivity index (χ0n) is 11.8. The van der Waals surface area contributed by atoms with Crippen molar-refractivity contribution < 1.29 is 14.7 Å². The molecule has 0 radical (unpaired) electrons. The van der Waals surface area contributed by atoms with Crippen LogP contribution < -0.4 is 11.1 Å². The molecular formula is C14H17ClN4O3. The molecule has 1 aromatic rings. The van der Waals surface area contributed by atoms with Crippen molar-refractivity contribution >= 4 is 29.4 Å². The Labute approximate surface area is 132 Å². The zero-order chi connectivity index (χ0) is 15.9. The Kier molecular flexibility index (Phi) is 3.70. The summed E-state index contributed by atoms with van der Waals surface area (Å²) in [5.41, 5.74) is 4.35. The average molecular weight is 325 g/mol. The van der Waals surface area contributed by atoms with Gasteiger partial charge in [-0.2, -0.15) is 0 Å². The number of anilines is 1. The Morgan fingerprint density at radius 1 is 1.45 bits per heavy atom. The molecule has 3 amide bonds. The Balaban J connectivity index is 1.74. The lowest BCUT2D eigenvalue weighted by molar-refractivity contribution is -0.121. The Morgan fingerprint density at radius 2 is 2.18 bits per heavy atom. The zero-order valence-corrected chi connectivity index (χ0v) is 12.6. The van der Waals surface area contributed by atoms with Crippen molar-refractivity contribution in [3.63, 3.8) is 0 Å². The summed E-state index contributed by atoms with van der Waals surface area (Å²) in [5.74, 6) is -0.156. The molecule has 2 atom stereocenters. The standard InChI is InChI=1S/C14H17ClN4O3/c15-9-3-4-11(17-6-9)18-13(21)19-7-14(22,8-1-2-8)5-10(19)12(16)20/h3-4,6,8,10,22H,1-2,5,7H2,(H2,16,20)(H,17,18,21). The first-order valence-electron chi connectivity index (χ1n) is 7.10. The Hall–Kier alpha value is -1.86. The summed E-state index contributed by atoms with van der Waals surface area (Å²) in [6.45, 7) is 0.102. The number of urea groups is 1. The monoisotopic (exact) mass is 324 g/mol. The number of carbonyl (C=O) groups excluding carboxylic acids is 2. The number of likely N-dealkylation sites (tertiary alicyclic amines) is 1. The molecule has 22 heavy (non-hydrogen) atoms. The predicted octanol–water partition coefficient (Wildman–Crippen LogP) is 0.968. The lowest BCUT2D eigenvalue weighted by Gasteiger charge is -2.23. The van der Waals surface area contributed by atoms with E-state index in [9.17, 15) is 14.7 Å². The van der Waals surface area contributed by atoms with E-state index in [4.69, 9.17) is 17.3 Å². The highest BCUT2D eigenvalue weighted by molar-refractivity contribution is 6.30. The quantitative estimate of drug-likeness (QED) is 0.769. The van der Waals surface area contributed by atoms with Gasteiger partial charge in [0.25, 0.3) is 0 Å². The van der Waals surface area contributed by atoms with Gasteiger partial charge in [-0.1, -0.05) is 11.6 Å². The number of hydrogen-bond acceptors (Lipinski definition) is 4. The van der Waals surface area contributed by atoms with Crippen molar-refractivity contribution in [1.82, 2.24) is 9.88 Å². The molecule has 2 aliphatic rings. The van der Waals surface area contributed by atoms with Gasteiger partial charge in [-0.25, -0.2) is 9.78 Å². The molecule has 1 aliphatic heterocycles. The number of amides is 3. The largest absolute Gasteiger partial charge is 0.388 e. The minimum Gasteiger partial charge on any atom is -0.388 e. The van der Waals surface area contributed by atoms with Crippen LogP contribution >= 0.6 is 11.6 Å². The van der Waals surface area contributed by atoms with E-state index in [1.165, 1.54) is 11.1 Å². The number of aliphatic hydroxyl groups is 1. The number of nitrogens with two attached hydrogens (primary N) is 1. The summed E-state index contributed by atoms with van der Waals surface area (Å²) >= 11 is 5.74. The maximum Gasteiger partial charge on any atom is 0.323 e. The van der Waals surface area contributed by atoms with Gasteiger partial charge >= 0.3 is 6.03 Å². The number of β-amino-alcohol motifs (C(OH)–C–C–N with tert-alkyl or cyclic N) is 1. The van der Waals surface area contributed by atoms with Crippen LogP contribution in [-0.4, -0.2) is 45.1 Å². The van der Waals surface area contributed by atoms with Gasteiger partial charge in [0.05, 0.1) is 17.2 Å². The van der Waals surface area contributed by atoms with Crippen molar-refractivity contribution in [3.8, 4) is 0 Å². The number of carbonyl (C=O) groups is 2. The summed E-state index contributed by atoms with van der Waals surface area (Å²) in [5, 5.41) is 13.7. The molecule has 0 bridgehead atoms. The van der Waals surface area contributed by atoms with E-state index in [0.717, 1.165) is 12.8 Å². The topological polar surface area (TPSA) is 109 Å². The highest BCUT2D eigenvalue weighted by Gasteiger charge is 2.54. The van der Waals surface area contributed by atoms with Gasteiger partial charge in [-0.3, -0.25) is 10.1 Å². The lowest BCUT2D eigenvalue weighted by atomic mass is 9.94. The van der Waals surface area contributed by atoms with Crippen LogP contribution in [0.15, 0.2) is 18.3 Å². The molecule has 7 nitrogen and oxygen atoms in total. The fourth-order valence-electron chi connectivity index (χ4n) is 2.93. The molecule has 2 unspecified atom stereocenters. The molecule has 1 saturated carbocycles. The minimum atomic E-state index is -1.02. The van der Waals surface area contributed by atoms with Crippen molar-refractivity contribution in [2.75, 3.05) is 11.9 Å². The van der Waals surface area contributed by atoms with Crippen LogP contribution in [0.1, 0.15) is 19.3 Å². The highest BCUT2D eigenvalue weighted by atomic mass is 35.5. The number of nitrogens with one attached hydrogen (secondary N) is 1. The van der Waals surface area contributed by atoms with Gasteiger partial charge in [0.1, 0.15) is 11.9 Å². The fraction of sp³-hybridized carbons (Fsp3) is 0.500. The average Bonchev–Trinajstić information content (AvgIpc) is 3.25. The molecule has 3 rings (SSSR count). The maximum absolute atomic E-state index is 12.4. The molecule has 2 fully saturated rings. The van der Waals surface area contributed by atoms with Crippen LogP contribution in [0.25, 0.3) is 0 Å². The van der Waals surface area contributed by atoms with Gasteiger partial charge in [0.2, 0.25) is 5.91 Å². The van der Waals surface area contributed by atoms with Gasteiger partial charge in [-0.05, 0) is 30.9 Å². The highest BCUT2D eigenvalue weighted by Crippen LogP contribution is 2.46. The van der Waals surface area contributed by atoms with Gasteiger partial charge in [0, 0.05) is 12.6 Å². The van der Waals surface area contributed by atoms with Crippen LogP contribution in [0.4, 0.5) is 10.6 Å². The molecule has 1 aromatic heterocycles. The Morgan fingerprint density at radius 3 is 2.73 bits per heavy atom. The van der Waals surface area contributed by atoms with E-state index in [0.29, 0.717) is 10.8 Å². The van der Waals surface area contributed by atoms with Crippen molar-refractivity contribution in [2.24, 2.45) is 11.7 Å². The molecular weight excluding hydrogens is 308 g/mol. The molecule has 1 aliphatic carbocycles. The third kappa shape index (κ3) is 2.86. The van der Waals surface area contributed by atoms with E-state index in [1.54, 1.807) is 12.1 Å². The number of pyridine rings is 1. The number of rotatable bonds is 3. The molecule has 4 N–H and O–H groups in total. The third-order valence-corrected chi connectivity index (χ3v) is 4.48. The second-order valence-electron chi connectivity index (χ2n) is 5.92. The number of primary amides is 1. The van der Waals surface area contributed by atoms with Crippen LogP contribution in [0.5, 0.6) is 0 Å². The summed E-state index contributed by atoms with van der Waals surface area (Å²) in [6.07, 6.45) is 3.42. The van der Waals surface area contributed by atoms with Crippen LogP contribution in [-0.2, 0) is 4.79 Å². The molecule has 1 saturated heterocycles. The van der Waals surface area contributed by atoms with E-state index in [-0.39, 0.29) is 18.9 Å². The molecule has 2 heterocycles. The summed E-state index contributed by atoms with van der Waals surface area (Å²) < 4.78 is 0. The molecule has 0 spiro atoms.